The first-order valence-electron chi connectivity index (χ1n) is 15.7. The lowest BCUT2D eigenvalue weighted by atomic mass is 10.0. The highest BCUT2D eigenvalue weighted by Crippen LogP contribution is 2.40. The molecule has 0 radical (unpaired) electrons. The predicted molar refractivity (Wildman–Crippen MR) is 177 cm³/mol. The van der Waals surface area contributed by atoms with Crippen LogP contribution in [0.25, 0.3) is 0 Å². The SMILES string of the molecule is NC(N)=NCCC[C@@H](NC(=O)[C@H](CO)NC(=O)[C@@H](N)CO)[C@H](O)CC(=O)OCC1=C(C(=O)O)N2C(=O)[C@@H](NC(=O)CCC[C@@H](N)C(=O)O)C2SC1. The Morgan fingerprint density at radius 1 is 0.980 bits per heavy atom. The zero-order valence-corrected chi connectivity index (χ0v) is 28.3. The van der Waals surface area contributed by atoms with Gasteiger partial charge >= 0.3 is 17.9 Å². The number of aliphatic hydroxyl groups is 3. The molecule has 4 amide bonds. The number of carboxylic acid groups (broad SMARTS) is 2. The summed E-state index contributed by atoms with van der Waals surface area (Å²) in [5.41, 5.74) is 21.1. The number of carboxylic acids is 2. The lowest BCUT2D eigenvalue weighted by Gasteiger charge is -2.49. The molecule has 2 aliphatic rings. The standard InChI is InChI=1S/C28H45N9O13S/c29-13(26(46)47)3-1-5-18(41)36-20-24(45)37-21(27(48)49)12(11-51-25(20)37)10-50-19(42)7-17(40)15(4-2-6-33-28(31)32)34-23(44)16(9-39)35-22(43)14(30)8-38/h13-17,20,25,38-40H,1-11,29-30H2,(H,34,44)(H,35,43)(H,36,41)(H,46,47)(H,48,49)(H4,31,32,33)/t13-,14+,15-,16+,17-,20-,25?/m1/s1. The van der Waals surface area contributed by atoms with Gasteiger partial charge in [0.05, 0.1) is 31.8 Å². The molecule has 0 spiro atoms. The van der Waals surface area contributed by atoms with Crippen molar-refractivity contribution >= 4 is 59.3 Å². The summed E-state index contributed by atoms with van der Waals surface area (Å²) < 4.78 is 5.22. The number of ether oxygens (including phenoxy) is 1. The van der Waals surface area contributed by atoms with E-state index in [9.17, 15) is 48.9 Å². The highest BCUT2D eigenvalue weighted by molar-refractivity contribution is 8.00. The minimum atomic E-state index is -1.59. The summed E-state index contributed by atoms with van der Waals surface area (Å²) >= 11 is 1.11. The summed E-state index contributed by atoms with van der Waals surface area (Å²) in [6, 6.07) is -6.23. The first-order chi connectivity index (χ1) is 24.0. The number of carbonyl (C=O) groups is 7. The molecule has 2 heterocycles. The Morgan fingerprint density at radius 2 is 1.67 bits per heavy atom. The first-order valence-corrected chi connectivity index (χ1v) is 16.7. The Morgan fingerprint density at radius 3 is 2.25 bits per heavy atom. The number of nitrogens with two attached hydrogens (primary N) is 4. The fourth-order valence-corrected chi connectivity index (χ4v) is 6.23. The number of aliphatic carboxylic acids is 2. The Labute approximate surface area is 295 Å². The van der Waals surface area contributed by atoms with Crippen LogP contribution in [-0.2, 0) is 38.3 Å². The maximum atomic E-state index is 12.9. The van der Waals surface area contributed by atoms with E-state index in [1.165, 1.54) is 0 Å². The third-order valence-corrected chi connectivity index (χ3v) is 9.03. The number of thioether (sulfide) groups is 1. The molecule has 0 aromatic carbocycles. The predicted octanol–water partition coefficient (Wildman–Crippen LogP) is -6.06. The van der Waals surface area contributed by atoms with Crippen molar-refractivity contribution in [1.29, 1.82) is 0 Å². The van der Waals surface area contributed by atoms with E-state index in [0.717, 1.165) is 16.7 Å². The topological polar surface area (TPSA) is 386 Å². The average Bonchev–Trinajstić information content (AvgIpc) is 3.08. The van der Waals surface area contributed by atoms with E-state index in [1.54, 1.807) is 0 Å². The van der Waals surface area contributed by atoms with Crippen molar-refractivity contribution in [3.63, 3.8) is 0 Å². The van der Waals surface area contributed by atoms with Gasteiger partial charge in [-0.25, -0.2) is 4.79 Å². The van der Waals surface area contributed by atoms with Crippen LogP contribution >= 0.6 is 11.8 Å². The van der Waals surface area contributed by atoms with Crippen molar-refractivity contribution in [2.24, 2.45) is 27.9 Å². The number of hydrogen-bond donors (Lipinski definition) is 12. The zero-order valence-electron chi connectivity index (χ0n) is 27.4. The van der Waals surface area contributed by atoms with Crippen LogP contribution in [0.15, 0.2) is 16.3 Å². The molecule has 51 heavy (non-hydrogen) atoms. The minimum absolute atomic E-state index is 0.00340. The number of amides is 4. The summed E-state index contributed by atoms with van der Waals surface area (Å²) in [5.74, 6) is -7.04. The molecule has 0 aromatic rings. The van der Waals surface area contributed by atoms with Gasteiger partial charge in [0.15, 0.2) is 5.96 Å². The van der Waals surface area contributed by atoms with Crippen LogP contribution in [0.5, 0.6) is 0 Å². The number of nitrogens with one attached hydrogen (secondary N) is 3. The highest BCUT2D eigenvalue weighted by atomic mass is 32.2. The highest BCUT2D eigenvalue weighted by Gasteiger charge is 2.54. The molecule has 22 nitrogen and oxygen atoms in total. The van der Waals surface area contributed by atoms with Crippen molar-refractivity contribution in [3.05, 3.63) is 11.3 Å². The van der Waals surface area contributed by atoms with Crippen molar-refractivity contribution in [2.75, 3.05) is 32.1 Å². The van der Waals surface area contributed by atoms with Gasteiger partial charge in [0.25, 0.3) is 5.91 Å². The van der Waals surface area contributed by atoms with Crippen molar-refractivity contribution in [1.82, 2.24) is 20.9 Å². The molecule has 0 bridgehead atoms. The van der Waals surface area contributed by atoms with E-state index in [0.29, 0.717) is 0 Å². The van der Waals surface area contributed by atoms with Gasteiger partial charge in [0.2, 0.25) is 17.7 Å². The lowest BCUT2D eigenvalue weighted by Crippen LogP contribution is -2.70. The van der Waals surface area contributed by atoms with Gasteiger partial charge in [0.1, 0.15) is 41.8 Å². The Hall–Kier alpha value is -4.55. The minimum Gasteiger partial charge on any atom is -0.480 e. The van der Waals surface area contributed by atoms with Crippen LogP contribution in [-0.4, -0.2) is 152 Å². The smallest absolute Gasteiger partial charge is 0.352 e. The second-order valence-corrected chi connectivity index (χ2v) is 12.7. The van der Waals surface area contributed by atoms with Crippen LogP contribution in [0.1, 0.15) is 38.5 Å². The van der Waals surface area contributed by atoms with Crippen LogP contribution in [0.2, 0.25) is 0 Å². The van der Waals surface area contributed by atoms with Crippen molar-refractivity contribution < 1.29 is 63.8 Å². The number of aliphatic imine (C=N–C) groups is 1. The number of guanidine groups is 1. The van der Waals surface area contributed by atoms with E-state index in [1.807, 2.05) is 0 Å². The van der Waals surface area contributed by atoms with Crippen LogP contribution in [0.3, 0.4) is 0 Å². The number of β-lactam (4-membered cyclic amide) rings is 1. The maximum absolute atomic E-state index is 12.9. The molecule has 0 aliphatic carbocycles. The molecule has 1 fully saturated rings. The van der Waals surface area contributed by atoms with E-state index in [4.69, 9.17) is 37.9 Å². The number of nitrogens with zero attached hydrogens (tertiary/aromatic N) is 2. The molecule has 2 aliphatic heterocycles. The molecule has 1 saturated heterocycles. The van der Waals surface area contributed by atoms with Gasteiger partial charge in [-0.15, -0.1) is 11.8 Å². The molecular formula is C28H45N9O13S. The largest absolute Gasteiger partial charge is 0.480 e. The Bertz CT molecular complexity index is 1380. The van der Waals surface area contributed by atoms with E-state index in [-0.39, 0.29) is 55.9 Å². The number of rotatable bonds is 22. The second-order valence-electron chi connectivity index (χ2n) is 11.6. The molecule has 23 heteroatoms. The normalized spacial score (nSPS) is 19.6. The van der Waals surface area contributed by atoms with Gasteiger partial charge in [-0.2, -0.15) is 0 Å². The third-order valence-electron chi connectivity index (χ3n) is 7.69. The Balaban J connectivity index is 2.04. The van der Waals surface area contributed by atoms with E-state index < -0.39 is 115 Å². The number of hydrogen-bond acceptors (Lipinski definition) is 15. The maximum Gasteiger partial charge on any atom is 0.352 e. The van der Waals surface area contributed by atoms with Gasteiger partial charge < -0.3 is 69.2 Å². The van der Waals surface area contributed by atoms with Crippen molar-refractivity contribution in [3.8, 4) is 0 Å². The van der Waals surface area contributed by atoms with Crippen molar-refractivity contribution in [2.45, 2.75) is 80.2 Å². The number of carbonyl (C=O) groups excluding carboxylic acids is 5. The second kappa shape index (κ2) is 20.3. The monoisotopic (exact) mass is 747 g/mol. The molecule has 16 N–H and O–H groups in total. The summed E-state index contributed by atoms with van der Waals surface area (Å²) in [4.78, 5) is 90.6. The van der Waals surface area contributed by atoms with Gasteiger partial charge in [0, 0.05) is 24.3 Å². The van der Waals surface area contributed by atoms with Gasteiger partial charge in [-0.05, 0) is 25.7 Å². The lowest BCUT2D eigenvalue weighted by molar-refractivity contribution is -0.151. The van der Waals surface area contributed by atoms with Crippen LogP contribution in [0, 0.1) is 0 Å². The molecule has 7 atom stereocenters. The number of aliphatic hydroxyl groups excluding tert-OH is 3. The van der Waals surface area contributed by atoms with Gasteiger partial charge in [-0.1, -0.05) is 0 Å². The quantitative estimate of drug-likeness (QED) is 0.0161. The molecule has 1 unspecified atom stereocenters. The molecule has 286 valence electrons. The van der Waals surface area contributed by atoms with E-state index >= 15 is 0 Å². The van der Waals surface area contributed by atoms with Crippen LogP contribution < -0.4 is 38.9 Å². The first kappa shape index (κ1) is 42.6. The van der Waals surface area contributed by atoms with E-state index in [2.05, 4.69) is 20.9 Å². The molecule has 2 rings (SSSR count). The molecule has 0 aromatic heterocycles. The van der Waals surface area contributed by atoms with Gasteiger partial charge in [-0.3, -0.25) is 38.7 Å². The summed E-state index contributed by atoms with van der Waals surface area (Å²) in [6.07, 6.45) is -1.98. The average molecular weight is 748 g/mol. The third kappa shape index (κ3) is 12.6. The summed E-state index contributed by atoms with van der Waals surface area (Å²) in [6.45, 7) is -2.08. The fraction of sp³-hybridized carbons (Fsp3) is 0.643. The summed E-state index contributed by atoms with van der Waals surface area (Å²) in [5, 5.41) is 54.6. The Kier molecular flexibility index (Phi) is 17.0. The molecular weight excluding hydrogens is 702 g/mol. The zero-order chi connectivity index (χ0) is 38.4. The molecule has 0 saturated carbocycles. The summed E-state index contributed by atoms with van der Waals surface area (Å²) in [7, 11) is 0. The number of esters is 1. The number of fused-ring (bicyclic) bond motifs is 1. The fourth-order valence-electron chi connectivity index (χ4n) is 4.90. The van der Waals surface area contributed by atoms with Crippen LogP contribution in [0.4, 0.5) is 0 Å².